The third-order valence-electron chi connectivity index (χ3n) is 3.92. The van der Waals surface area contributed by atoms with E-state index in [2.05, 4.69) is 27.4 Å². The number of para-hydroxylation sites is 1. The van der Waals surface area contributed by atoms with E-state index in [1.165, 1.54) is 23.9 Å². The van der Waals surface area contributed by atoms with E-state index in [0.717, 1.165) is 23.4 Å². The van der Waals surface area contributed by atoms with Gasteiger partial charge in [-0.25, -0.2) is 4.39 Å². The summed E-state index contributed by atoms with van der Waals surface area (Å²) >= 11 is 1.54. The van der Waals surface area contributed by atoms with Crippen molar-refractivity contribution in [3.8, 4) is 17.1 Å². The zero-order valence-electron chi connectivity index (χ0n) is 14.1. The van der Waals surface area contributed by atoms with E-state index in [4.69, 9.17) is 4.74 Å². The number of thioether (sulfide) groups is 1. The molecule has 132 valence electrons. The topological polar surface area (TPSA) is 59.9 Å². The van der Waals surface area contributed by atoms with E-state index in [-0.39, 0.29) is 5.82 Å². The number of rotatable bonds is 4. The lowest BCUT2D eigenvalue weighted by atomic mass is 10.1. The van der Waals surface area contributed by atoms with Gasteiger partial charge in [-0.2, -0.15) is 4.98 Å². The second-order valence-corrected chi connectivity index (χ2v) is 6.90. The molecule has 0 aliphatic carbocycles. The molecule has 0 amide bonds. The number of benzene rings is 2. The fraction of sp³-hybridized carbons (Fsp3) is 0.211. The van der Waals surface area contributed by atoms with Crippen LogP contribution in [0.2, 0.25) is 0 Å². The normalized spacial score (nSPS) is 15.2. The summed E-state index contributed by atoms with van der Waals surface area (Å²) in [5.74, 6) is 0.985. The first-order valence-corrected chi connectivity index (χ1v) is 9.38. The van der Waals surface area contributed by atoms with Crippen molar-refractivity contribution in [1.29, 1.82) is 0 Å². The Labute approximate surface area is 155 Å². The molecular formula is C19H17FN4OS. The first-order chi connectivity index (χ1) is 12.7. The molecule has 3 aromatic rings. The quantitative estimate of drug-likeness (QED) is 0.675. The number of halogens is 1. The Hall–Kier alpha value is -2.67. The summed E-state index contributed by atoms with van der Waals surface area (Å²) in [6, 6.07) is 14.1. The SMILES string of the molecule is CCCSc1nnc2c(n1)O[C@@H](c1cccc(F)c1)Nc1ccccc1-2. The Kier molecular flexibility index (Phi) is 4.71. The van der Waals surface area contributed by atoms with Crippen molar-refractivity contribution in [2.45, 2.75) is 24.7 Å². The molecule has 1 atom stereocenters. The minimum Gasteiger partial charge on any atom is -0.448 e. The van der Waals surface area contributed by atoms with Crippen LogP contribution < -0.4 is 10.1 Å². The molecule has 4 rings (SSSR count). The van der Waals surface area contributed by atoms with Gasteiger partial charge < -0.3 is 10.1 Å². The molecule has 0 saturated carbocycles. The molecule has 0 saturated heterocycles. The Balaban J connectivity index is 1.79. The van der Waals surface area contributed by atoms with Crippen molar-refractivity contribution in [1.82, 2.24) is 15.2 Å². The van der Waals surface area contributed by atoms with Crippen LogP contribution in [0, 0.1) is 5.82 Å². The Morgan fingerprint density at radius 2 is 2.04 bits per heavy atom. The van der Waals surface area contributed by atoms with Crippen LogP contribution in [0.1, 0.15) is 25.1 Å². The number of nitrogens with zero attached hydrogens (tertiary/aromatic N) is 3. The molecule has 5 nitrogen and oxygen atoms in total. The second-order valence-electron chi connectivity index (χ2n) is 5.84. The molecule has 0 spiro atoms. The third kappa shape index (κ3) is 3.35. The highest BCUT2D eigenvalue weighted by atomic mass is 32.2. The largest absolute Gasteiger partial charge is 0.448 e. The van der Waals surface area contributed by atoms with Gasteiger partial charge in [0.15, 0.2) is 11.9 Å². The maximum atomic E-state index is 13.7. The van der Waals surface area contributed by atoms with Gasteiger partial charge in [-0.05, 0) is 24.6 Å². The van der Waals surface area contributed by atoms with E-state index in [0.29, 0.717) is 22.3 Å². The van der Waals surface area contributed by atoms with Crippen LogP contribution in [0.25, 0.3) is 11.3 Å². The van der Waals surface area contributed by atoms with Crippen LogP contribution in [-0.4, -0.2) is 20.9 Å². The highest BCUT2D eigenvalue weighted by Gasteiger charge is 2.26. The Morgan fingerprint density at radius 1 is 1.15 bits per heavy atom. The van der Waals surface area contributed by atoms with Crippen molar-refractivity contribution in [2.24, 2.45) is 0 Å². The summed E-state index contributed by atoms with van der Waals surface area (Å²) in [6.45, 7) is 2.10. The smallest absolute Gasteiger partial charge is 0.247 e. The fourth-order valence-corrected chi connectivity index (χ4v) is 3.36. The van der Waals surface area contributed by atoms with Crippen LogP contribution in [-0.2, 0) is 0 Å². The number of nitrogens with one attached hydrogen (secondary N) is 1. The predicted octanol–water partition coefficient (Wildman–Crippen LogP) is 4.68. The molecule has 2 heterocycles. The number of hydrogen-bond acceptors (Lipinski definition) is 6. The molecule has 0 radical (unpaired) electrons. The molecular weight excluding hydrogens is 351 g/mol. The molecule has 1 aliphatic heterocycles. The van der Waals surface area contributed by atoms with Gasteiger partial charge in [0.1, 0.15) is 5.82 Å². The molecule has 26 heavy (non-hydrogen) atoms. The summed E-state index contributed by atoms with van der Waals surface area (Å²) in [7, 11) is 0. The summed E-state index contributed by atoms with van der Waals surface area (Å²) in [5.41, 5.74) is 2.95. The molecule has 1 aromatic heterocycles. The first-order valence-electron chi connectivity index (χ1n) is 8.40. The fourth-order valence-electron chi connectivity index (χ4n) is 2.72. The van der Waals surface area contributed by atoms with Gasteiger partial charge in [-0.3, -0.25) is 0 Å². The van der Waals surface area contributed by atoms with Gasteiger partial charge in [-0.1, -0.05) is 49.0 Å². The summed E-state index contributed by atoms with van der Waals surface area (Å²) in [5, 5.41) is 12.4. The van der Waals surface area contributed by atoms with E-state index in [9.17, 15) is 4.39 Å². The highest BCUT2D eigenvalue weighted by molar-refractivity contribution is 7.99. The third-order valence-corrected chi connectivity index (χ3v) is 4.96. The van der Waals surface area contributed by atoms with Gasteiger partial charge >= 0.3 is 0 Å². The van der Waals surface area contributed by atoms with E-state index in [1.54, 1.807) is 6.07 Å². The van der Waals surface area contributed by atoms with Crippen LogP contribution in [0.4, 0.5) is 10.1 Å². The van der Waals surface area contributed by atoms with Crippen molar-refractivity contribution < 1.29 is 9.13 Å². The average molecular weight is 368 g/mol. The average Bonchev–Trinajstić information content (AvgIpc) is 2.83. The summed E-state index contributed by atoms with van der Waals surface area (Å²) in [6.07, 6.45) is 0.441. The van der Waals surface area contributed by atoms with Gasteiger partial charge in [-0.15, -0.1) is 10.2 Å². The van der Waals surface area contributed by atoms with Crippen molar-refractivity contribution in [3.05, 3.63) is 59.9 Å². The summed E-state index contributed by atoms with van der Waals surface area (Å²) < 4.78 is 19.8. The Bertz CT molecular complexity index is 937. The van der Waals surface area contributed by atoms with Crippen LogP contribution >= 0.6 is 11.8 Å². The number of hydrogen-bond donors (Lipinski definition) is 1. The van der Waals surface area contributed by atoms with Gasteiger partial charge in [0, 0.05) is 22.6 Å². The number of fused-ring (bicyclic) bond motifs is 3. The molecule has 2 aromatic carbocycles. The van der Waals surface area contributed by atoms with Crippen LogP contribution in [0.3, 0.4) is 0 Å². The van der Waals surface area contributed by atoms with Crippen molar-refractivity contribution >= 4 is 17.4 Å². The minimum atomic E-state index is -0.575. The van der Waals surface area contributed by atoms with Gasteiger partial charge in [0.2, 0.25) is 11.0 Å². The predicted molar refractivity (Wildman–Crippen MR) is 99.7 cm³/mol. The van der Waals surface area contributed by atoms with Crippen molar-refractivity contribution in [2.75, 3.05) is 11.1 Å². The highest BCUT2D eigenvalue weighted by Crippen LogP contribution is 2.39. The molecule has 1 N–H and O–H groups in total. The molecule has 0 fully saturated rings. The van der Waals surface area contributed by atoms with Crippen LogP contribution in [0.15, 0.2) is 53.7 Å². The maximum Gasteiger partial charge on any atom is 0.247 e. The molecule has 0 bridgehead atoms. The summed E-state index contributed by atoms with van der Waals surface area (Å²) in [4.78, 5) is 4.54. The maximum absolute atomic E-state index is 13.7. The minimum absolute atomic E-state index is 0.314. The monoisotopic (exact) mass is 368 g/mol. The number of ether oxygens (including phenoxy) is 1. The second kappa shape index (κ2) is 7.29. The van der Waals surface area contributed by atoms with E-state index < -0.39 is 6.23 Å². The van der Waals surface area contributed by atoms with E-state index in [1.807, 2.05) is 30.3 Å². The lowest BCUT2D eigenvalue weighted by Gasteiger charge is -2.19. The van der Waals surface area contributed by atoms with Gasteiger partial charge in [0.05, 0.1) is 0 Å². The molecule has 0 unspecified atom stereocenters. The first kappa shape index (κ1) is 16.8. The van der Waals surface area contributed by atoms with E-state index >= 15 is 0 Å². The number of anilines is 1. The standard InChI is InChI=1S/C19H17FN4OS/c1-2-10-26-19-22-18-16(23-24-19)14-8-3-4-9-15(14)21-17(25-18)12-6-5-7-13(20)11-12/h3-9,11,17,21H,2,10H2,1H3/t17-/m0/s1. The Morgan fingerprint density at radius 3 is 2.88 bits per heavy atom. The zero-order valence-corrected chi connectivity index (χ0v) is 15.0. The lowest BCUT2D eigenvalue weighted by molar-refractivity contribution is 0.225. The number of aromatic nitrogens is 3. The molecule has 1 aliphatic rings. The van der Waals surface area contributed by atoms with Crippen molar-refractivity contribution in [3.63, 3.8) is 0 Å². The van der Waals surface area contributed by atoms with Gasteiger partial charge in [0.25, 0.3) is 0 Å². The lowest BCUT2D eigenvalue weighted by Crippen LogP contribution is -2.17. The molecule has 7 heteroatoms. The van der Waals surface area contributed by atoms with Crippen LogP contribution in [0.5, 0.6) is 5.88 Å². The zero-order chi connectivity index (χ0) is 17.9.